The highest BCUT2D eigenvalue weighted by Crippen LogP contribution is 2.36. The van der Waals surface area contributed by atoms with Crippen LogP contribution in [0, 0.1) is 0 Å². The number of alkyl halides is 3. The second kappa shape index (κ2) is 5.43. The van der Waals surface area contributed by atoms with E-state index in [0.29, 0.717) is 4.34 Å². The average molecular weight is 306 g/mol. The van der Waals surface area contributed by atoms with Gasteiger partial charge in [-0.3, -0.25) is 0 Å². The number of thiophene rings is 1. The van der Waals surface area contributed by atoms with Crippen LogP contribution in [0.15, 0.2) is 35.7 Å². The zero-order valence-corrected chi connectivity index (χ0v) is 11.5. The predicted molar refractivity (Wildman–Crippen MR) is 72.8 cm³/mol. The molecule has 1 N–H and O–H groups in total. The van der Waals surface area contributed by atoms with Crippen LogP contribution in [-0.2, 0) is 6.18 Å². The van der Waals surface area contributed by atoms with Crippen LogP contribution in [0.5, 0.6) is 0 Å². The van der Waals surface area contributed by atoms with E-state index in [0.717, 1.165) is 11.6 Å². The van der Waals surface area contributed by atoms with Gasteiger partial charge in [-0.05, 0) is 36.1 Å². The van der Waals surface area contributed by atoms with E-state index in [1.807, 2.05) is 5.38 Å². The second-order valence-corrected chi connectivity index (χ2v) is 5.64. The van der Waals surface area contributed by atoms with E-state index in [2.05, 4.69) is 5.32 Å². The number of anilines is 1. The van der Waals surface area contributed by atoms with E-state index >= 15 is 0 Å². The summed E-state index contributed by atoms with van der Waals surface area (Å²) in [6, 6.07) is 6.95. The quantitative estimate of drug-likeness (QED) is 0.779. The summed E-state index contributed by atoms with van der Waals surface area (Å²) in [6.45, 7) is 1.80. The molecule has 0 bridgehead atoms. The number of rotatable bonds is 3. The molecule has 0 aliphatic heterocycles. The lowest BCUT2D eigenvalue weighted by Crippen LogP contribution is -2.13. The summed E-state index contributed by atoms with van der Waals surface area (Å²) >= 11 is 7.18. The van der Waals surface area contributed by atoms with E-state index in [9.17, 15) is 13.2 Å². The lowest BCUT2D eigenvalue weighted by atomic mass is 10.1. The normalized spacial score (nSPS) is 13.3. The van der Waals surface area contributed by atoms with Crippen LogP contribution < -0.4 is 5.32 Å². The molecule has 19 heavy (non-hydrogen) atoms. The van der Waals surface area contributed by atoms with Crippen LogP contribution in [0.1, 0.15) is 24.1 Å². The summed E-state index contributed by atoms with van der Waals surface area (Å²) < 4.78 is 39.2. The lowest BCUT2D eigenvalue weighted by Gasteiger charge is -2.18. The van der Waals surface area contributed by atoms with Gasteiger partial charge in [0.2, 0.25) is 0 Å². The number of hydrogen-bond acceptors (Lipinski definition) is 2. The molecule has 6 heteroatoms. The molecule has 1 nitrogen and oxygen atoms in total. The monoisotopic (exact) mass is 305 g/mol. The molecule has 0 spiro atoms. The average Bonchev–Trinajstić information content (AvgIpc) is 2.75. The van der Waals surface area contributed by atoms with Gasteiger partial charge in [0.1, 0.15) is 0 Å². The first-order chi connectivity index (χ1) is 8.88. The van der Waals surface area contributed by atoms with Gasteiger partial charge in [-0.1, -0.05) is 23.7 Å². The third kappa shape index (κ3) is 3.42. The van der Waals surface area contributed by atoms with Crippen molar-refractivity contribution in [2.24, 2.45) is 0 Å². The van der Waals surface area contributed by atoms with Crippen LogP contribution in [0.3, 0.4) is 0 Å². The third-order valence-corrected chi connectivity index (χ3v) is 3.80. The zero-order valence-electron chi connectivity index (χ0n) is 9.96. The smallest absolute Gasteiger partial charge is 0.378 e. The number of hydrogen-bond donors (Lipinski definition) is 1. The first-order valence-electron chi connectivity index (χ1n) is 5.54. The Morgan fingerprint density at radius 1 is 1.26 bits per heavy atom. The molecule has 1 heterocycles. The van der Waals surface area contributed by atoms with Gasteiger partial charge in [0, 0.05) is 11.7 Å². The Hall–Kier alpha value is -1.20. The van der Waals surface area contributed by atoms with E-state index in [-0.39, 0.29) is 11.7 Å². The first kappa shape index (κ1) is 14.2. The molecule has 0 amide bonds. The fourth-order valence-electron chi connectivity index (χ4n) is 1.72. The minimum atomic E-state index is -4.37. The molecule has 1 atom stereocenters. The van der Waals surface area contributed by atoms with Crippen molar-refractivity contribution in [3.8, 4) is 0 Å². The molecule has 2 rings (SSSR count). The molecule has 0 fully saturated rings. The van der Waals surface area contributed by atoms with Crippen molar-refractivity contribution in [1.29, 1.82) is 0 Å². The number of para-hydroxylation sites is 1. The van der Waals surface area contributed by atoms with Crippen LogP contribution in [0.4, 0.5) is 18.9 Å². The highest BCUT2D eigenvalue weighted by Gasteiger charge is 2.33. The standard InChI is InChI=1S/C13H11ClF3NS/c1-8(9-6-12(14)19-7-9)18-11-5-3-2-4-10(11)13(15,16)17/h2-8,18H,1H3. The molecule has 0 saturated heterocycles. The number of halogens is 4. The zero-order chi connectivity index (χ0) is 14.0. The molecule has 1 aromatic heterocycles. The molecule has 0 saturated carbocycles. The lowest BCUT2D eigenvalue weighted by molar-refractivity contribution is -0.137. The van der Waals surface area contributed by atoms with Gasteiger partial charge in [0.25, 0.3) is 0 Å². The molecule has 2 aromatic rings. The van der Waals surface area contributed by atoms with Crippen molar-refractivity contribution in [2.45, 2.75) is 19.1 Å². The largest absolute Gasteiger partial charge is 0.418 e. The van der Waals surface area contributed by atoms with Crippen molar-refractivity contribution in [2.75, 3.05) is 5.32 Å². The Kier molecular flexibility index (Phi) is 4.06. The summed E-state index contributed by atoms with van der Waals surface area (Å²) in [7, 11) is 0. The highest BCUT2D eigenvalue weighted by molar-refractivity contribution is 7.14. The van der Waals surface area contributed by atoms with Crippen LogP contribution >= 0.6 is 22.9 Å². The summed E-state index contributed by atoms with van der Waals surface area (Å²) in [5.41, 5.74) is 0.278. The van der Waals surface area contributed by atoms with Crippen molar-refractivity contribution in [1.82, 2.24) is 0 Å². The minimum Gasteiger partial charge on any atom is -0.378 e. The van der Waals surface area contributed by atoms with E-state index < -0.39 is 11.7 Å². The minimum absolute atomic E-state index is 0.0739. The Bertz CT molecular complexity index is 565. The Labute approximate surface area is 118 Å². The molecule has 0 radical (unpaired) electrons. The maximum Gasteiger partial charge on any atom is 0.418 e. The molecular weight excluding hydrogens is 295 g/mol. The molecule has 1 aromatic carbocycles. The highest BCUT2D eigenvalue weighted by atomic mass is 35.5. The maximum absolute atomic E-state index is 12.8. The molecule has 0 aliphatic rings. The Morgan fingerprint density at radius 3 is 2.53 bits per heavy atom. The van der Waals surface area contributed by atoms with Crippen molar-refractivity contribution >= 4 is 28.6 Å². The second-order valence-electron chi connectivity index (χ2n) is 4.09. The molecule has 102 valence electrons. The van der Waals surface area contributed by atoms with E-state index in [1.54, 1.807) is 19.1 Å². The van der Waals surface area contributed by atoms with Gasteiger partial charge < -0.3 is 5.32 Å². The van der Waals surface area contributed by atoms with Gasteiger partial charge in [-0.15, -0.1) is 11.3 Å². The van der Waals surface area contributed by atoms with Gasteiger partial charge >= 0.3 is 6.18 Å². The van der Waals surface area contributed by atoms with Crippen LogP contribution in [-0.4, -0.2) is 0 Å². The van der Waals surface area contributed by atoms with Gasteiger partial charge in [-0.2, -0.15) is 13.2 Å². The topological polar surface area (TPSA) is 12.0 Å². The summed E-state index contributed by atoms with van der Waals surface area (Å²) in [5, 5.41) is 4.70. The third-order valence-electron chi connectivity index (χ3n) is 2.69. The van der Waals surface area contributed by atoms with Crippen LogP contribution in [0.2, 0.25) is 4.34 Å². The van der Waals surface area contributed by atoms with E-state index in [1.165, 1.54) is 23.5 Å². The summed E-state index contributed by atoms with van der Waals surface area (Å²) in [4.78, 5) is 0. The maximum atomic E-state index is 12.8. The molecule has 1 unspecified atom stereocenters. The van der Waals surface area contributed by atoms with Crippen LogP contribution in [0.25, 0.3) is 0 Å². The first-order valence-corrected chi connectivity index (χ1v) is 6.80. The number of nitrogens with one attached hydrogen (secondary N) is 1. The number of benzene rings is 1. The van der Waals surface area contributed by atoms with Crippen molar-refractivity contribution in [3.63, 3.8) is 0 Å². The Morgan fingerprint density at radius 2 is 1.95 bits per heavy atom. The summed E-state index contributed by atoms with van der Waals surface area (Å²) in [5.74, 6) is 0. The molecular formula is C13H11ClF3NS. The van der Waals surface area contributed by atoms with Crippen molar-refractivity contribution < 1.29 is 13.2 Å². The van der Waals surface area contributed by atoms with Gasteiger partial charge in [0.15, 0.2) is 0 Å². The Balaban J connectivity index is 2.24. The fraction of sp³-hybridized carbons (Fsp3) is 0.231. The van der Waals surface area contributed by atoms with Gasteiger partial charge in [0.05, 0.1) is 9.90 Å². The summed E-state index contributed by atoms with van der Waals surface area (Å²) in [6.07, 6.45) is -4.37. The van der Waals surface area contributed by atoms with Crippen molar-refractivity contribution in [3.05, 3.63) is 51.2 Å². The SMILES string of the molecule is CC(Nc1ccccc1C(F)(F)F)c1csc(Cl)c1. The van der Waals surface area contributed by atoms with E-state index in [4.69, 9.17) is 11.6 Å². The fourth-order valence-corrected chi connectivity index (χ4v) is 2.71. The molecule has 0 aliphatic carbocycles. The van der Waals surface area contributed by atoms with Gasteiger partial charge in [-0.25, -0.2) is 0 Å². The predicted octanol–water partition coefficient (Wildman–Crippen LogP) is 5.59.